The van der Waals surface area contributed by atoms with Gasteiger partial charge >= 0.3 is 5.97 Å². The number of aryl methyl sites for hydroxylation is 1. The van der Waals surface area contributed by atoms with E-state index in [-0.39, 0.29) is 12.5 Å². The maximum Gasteiger partial charge on any atom is 0.305 e. The Balaban J connectivity index is 1.85. The van der Waals surface area contributed by atoms with Crippen LogP contribution in [0.1, 0.15) is 17.8 Å². The van der Waals surface area contributed by atoms with Crippen molar-refractivity contribution in [3.8, 4) is 0 Å². The summed E-state index contributed by atoms with van der Waals surface area (Å²) >= 11 is 0. The molecule has 112 valence electrons. The lowest BCUT2D eigenvalue weighted by Crippen LogP contribution is -2.46. The maximum absolute atomic E-state index is 11.0. The molecule has 1 saturated heterocycles. The van der Waals surface area contributed by atoms with Crippen molar-refractivity contribution in [1.29, 1.82) is 0 Å². The predicted octanol–water partition coefficient (Wildman–Crippen LogP) is 1.32. The fourth-order valence-corrected chi connectivity index (χ4v) is 2.83. The first-order valence-corrected chi connectivity index (χ1v) is 7.11. The number of ether oxygens (including phenoxy) is 1. The van der Waals surface area contributed by atoms with Crippen LogP contribution in [-0.4, -0.2) is 51.2 Å². The molecule has 0 saturated carbocycles. The minimum atomic E-state index is -0.787. The molecule has 1 N–H and O–H groups in total. The lowest BCUT2D eigenvalue weighted by molar-refractivity contribution is -0.140. The number of fused-ring (bicyclic) bond motifs is 1. The number of nitrogens with zero attached hydrogens (tertiary/aromatic N) is 3. The van der Waals surface area contributed by atoms with E-state index in [0.29, 0.717) is 19.8 Å². The van der Waals surface area contributed by atoms with Crippen LogP contribution in [0.2, 0.25) is 0 Å². The van der Waals surface area contributed by atoms with Crippen molar-refractivity contribution in [2.45, 2.75) is 25.9 Å². The molecule has 3 rings (SSSR count). The third kappa shape index (κ3) is 2.91. The summed E-state index contributed by atoms with van der Waals surface area (Å²) in [6.45, 7) is 4.55. The molecule has 6 nitrogen and oxygen atoms in total. The van der Waals surface area contributed by atoms with Crippen molar-refractivity contribution >= 4 is 11.6 Å². The normalized spacial score (nSPS) is 20.0. The highest BCUT2D eigenvalue weighted by Gasteiger charge is 2.26. The Morgan fingerprint density at radius 2 is 2.38 bits per heavy atom. The van der Waals surface area contributed by atoms with Gasteiger partial charge in [-0.1, -0.05) is 6.07 Å². The molecule has 3 heterocycles. The van der Waals surface area contributed by atoms with Gasteiger partial charge in [0.05, 0.1) is 31.0 Å². The van der Waals surface area contributed by atoms with Gasteiger partial charge in [0, 0.05) is 25.3 Å². The van der Waals surface area contributed by atoms with Gasteiger partial charge in [0.1, 0.15) is 5.65 Å². The van der Waals surface area contributed by atoms with Gasteiger partial charge in [-0.2, -0.15) is 0 Å². The van der Waals surface area contributed by atoms with Crippen LogP contribution in [0, 0.1) is 6.92 Å². The second-order valence-electron chi connectivity index (χ2n) is 5.37. The van der Waals surface area contributed by atoms with E-state index in [1.165, 1.54) is 0 Å². The van der Waals surface area contributed by atoms with Gasteiger partial charge in [0.15, 0.2) is 0 Å². The topological polar surface area (TPSA) is 67.1 Å². The highest BCUT2D eigenvalue weighted by Crippen LogP contribution is 2.18. The zero-order chi connectivity index (χ0) is 14.8. The average molecular weight is 289 g/mol. The molecule has 0 aliphatic carbocycles. The van der Waals surface area contributed by atoms with E-state index >= 15 is 0 Å². The van der Waals surface area contributed by atoms with E-state index in [4.69, 9.17) is 9.84 Å². The molecular formula is C15H19N3O3. The van der Waals surface area contributed by atoms with Gasteiger partial charge < -0.3 is 14.2 Å². The van der Waals surface area contributed by atoms with Gasteiger partial charge in [-0.3, -0.25) is 9.69 Å². The zero-order valence-corrected chi connectivity index (χ0v) is 12.0. The average Bonchev–Trinajstić information content (AvgIpc) is 2.77. The van der Waals surface area contributed by atoms with Crippen LogP contribution in [0.3, 0.4) is 0 Å². The van der Waals surface area contributed by atoms with Crippen LogP contribution in [-0.2, 0) is 16.1 Å². The minimum Gasteiger partial charge on any atom is -0.481 e. The van der Waals surface area contributed by atoms with Crippen LogP contribution >= 0.6 is 0 Å². The number of rotatable bonds is 4. The summed E-state index contributed by atoms with van der Waals surface area (Å²) in [5.41, 5.74) is 3.03. The molecule has 0 unspecified atom stereocenters. The summed E-state index contributed by atoms with van der Waals surface area (Å²) in [6.07, 6.45) is 2.10. The van der Waals surface area contributed by atoms with Crippen LogP contribution < -0.4 is 0 Å². The molecule has 21 heavy (non-hydrogen) atoms. The Kier molecular flexibility index (Phi) is 3.90. The number of carboxylic acid groups (broad SMARTS) is 1. The predicted molar refractivity (Wildman–Crippen MR) is 77.2 cm³/mol. The third-order valence-electron chi connectivity index (χ3n) is 3.94. The van der Waals surface area contributed by atoms with E-state index in [0.717, 1.165) is 23.6 Å². The Bertz CT molecular complexity index is 653. The summed E-state index contributed by atoms with van der Waals surface area (Å²) in [7, 11) is 0. The summed E-state index contributed by atoms with van der Waals surface area (Å²) in [4.78, 5) is 17.7. The molecule has 0 spiro atoms. The Hall–Kier alpha value is -1.92. The lowest BCUT2D eigenvalue weighted by Gasteiger charge is -2.34. The van der Waals surface area contributed by atoms with Crippen molar-refractivity contribution in [1.82, 2.24) is 14.3 Å². The largest absolute Gasteiger partial charge is 0.481 e. The number of hydrogen-bond donors (Lipinski definition) is 1. The maximum atomic E-state index is 11.0. The van der Waals surface area contributed by atoms with Crippen molar-refractivity contribution in [3.63, 3.8) is 0 Å². The fourth-order valence-electron chi connectivity index (χ4n) is 2.83. The standard InChI is InChI=1S/C15H19N3O3/c1-11-13(18-5-3-2-4-14(18)16-11)9-17-6-7-21-10-12(17)8-15(19)20/h2-5,12H,6-10H2,1H3,(H,19,20)/t12-/m1/s1. The number of morpholine rings is 1. The Morgan fingerprint density at radius 3 is 3.19 bits per heavy atom. The highest BCUT2D eigenvalue weighted by molar-refractivity contribution is 5.67. The number of aromatic nitrogens is 2. The van der Waals surface area contributed by atoms with Crippen molar-refractivity contribution in [3.05, 3.63) is 35.8 Å². The first-order valence-electron chi connectivity index (χ1n) is 7.11. The fraction of sp³-hybridized carbons (Fsp3) is 0.467. The van der Waals surface area contributed by atoms with Crippen LogP contribution in [0.25, 0.3) is 5.65 Å². The molecule has 1 aliphatic heterocycles. The molecular weight excluding hydrogens is 270 g/mol. The quantitative estimate of drug-likeness (QED) is 0.919. The monoisotopic (exact) mass is 289 g/mol. The molecule has 2 aromatic heterocycles. The SMILES string of the molecule is Cc1nc2ccccn2c1CN1CCOC[C@H]1CC(=O)O. The zero-order valence-electron chi connectivity index (χ0n) is 12.0. The molecule has 0 amide bonds. The van der Waals surface area contributed by atoms with Crippen LogP contribution in [0.15, 0.2) is 24.4 Å². The Morgan fingerprint density at radius 1 is 1.52 bits per heavy atom. The van der Waals surface area contributed by atoms with E-state index < -0.39 is 5.97 Å². The minimum absolute atomic E-state index is 0.0788. The molecule has 0 bridgehead atoms. The summed E-state index contributed by atoms with van der Waals surface area (Å²) in [5, 5.41) is 9.04. The van der Waals surface area contributed by atoms with E-state index in [1.807, 2.05) is 31.3 Å². The molecule has 2 aromatic rings. The van der Waals surface area contributed by atoms with Gasteiger partial charge in [-0.05, 0) is 19.1 Å². The molecule has 1 atom stereocenters. The van der Waals surface area contributed by atoms with Crippen LogP contribution in [0.4, 0.5) is 0 Å². The van der Waals surface area contributed by atoms with E-state index in [2.05, 4.69) is 14.3 Å². The first kappa shape index (κ1) is 14.0. The molecule has 1 fully saturated rings. The lowest BCUT2D eigenvalue weighted by atomic mass is 10.1. The number of pyridine rings is 1. The van der Waals surface area contributed by atoms with E-state index in [9.17, 15) is 4.79 Å². The molecule has 6 heteroatoms. The molecule has 1 aliphatic rings. The first-order chi connectivity index (χ1) is 10.1. The summed E-state index contributed by atoms with van der Waals surface area (Å²) in [6, 6.07) is 5.84. The molecule has 0 radical (unpaired) electrons. The van der Waals surface area contributed by atoms with Gasteiger partial charge in [-0.15, -0.1) is 0 Å². The third-order valence-corrected chi connectivity index (χ3v) is 3.94. The number of imidazole rings is 1. The number of hydrogen-bond acceptors (Lipinski definition) is 4. The number of carboxylic acids is 1. The van der Waals surface area contributed by atoms with Gasteiger partial charge in [0.2, 0.25) is 0 Å². The Labute approximate surface area is 123 Å². The van der Waals surface area contributed by atoms with Crippen molar-refractivity contribution in [2.24, 2.45) is 0 Å². The second-order valence-corrected chi connectivity index (χ2v) is 5.37. The smallest absolute Gasteiger partial charge is 0.305 e. The van der Waals surface area contributed by atoms with Crippen LogP contribution in [0.5, 0.6) is 0 Å². The summed E-state index contributed by atoms with van der Waals surface area (Å²) < 4.78 is 7.49. The highest BCUT2D eigenvalue weighted by atomic mass is 16.5. The second kappa shape index (κ2) is 5.83. The van der Waals surface area contributed by atoms with Crippen molar-refractivity contribution in [2.75, 3.05) is 19.8 Å². The van der Waals surface area contributed by atoms with Gasteiger partial charge in [0.25, 0.3) is 0 Å². The van der Waals surface area contributed by atoms with E-state index in [1.54, 1.807) is 0 Å². The van der Waals surface area contributed by atoms with Crippen molar-refractivity contribution < 1.29 is 14.6 Å². The molecule has 0 aromatic carbocycles. The summed E-state index contributed by atoms with van der Waals surface area (Å²) in [5.74, 6) is -0.787. The number of carbonyl (C=O) groups is 1. The van der Waals surface area contributed by atoms with Gasteiger partial charge in [-0.25, -0.2) is 4.98 Å². The number of aliphatic carboxylic acids is 1.